The Balaban J connectivity index is 1.15. The maximum Gasteiger partial charge on any atom is 0.0453 e. The molecule has 4 aromatic carbocycles. The standard InChI is InChI=1S/C42H35NS/c1-3-12-28(13-4-1)31-24-32(29-14-5-2-6-15-29)26-33(25-31)43-39-20-9-7-16-35(39)38-27-30(22-23-40(38)43)34-18-11-19-37-36-17-8-10-21-41(36)44-42(34)37/h1-8,10-17,19,21-27,34-36,39,41H,9,18,20H2. The summed E-state index contributed by atoms with van der Waals surface area (Å²) >= 11 is 2.10. The molecule has 0 saturated heterocycles. The van der Waals surface area contributed by atoms with E-state index in [9.17, 15) is 0 Å². The first kappa shape index (κ1) is 26.2. The fraction of sp³-hybridized carbons (Fsp3) is 0.190. The highest BCUT2D eigenvalue weighted by Crippen LogP contribution is 2.56. The molecule has 0 fully saturated rings. The van der Waals surface area contributed by atoms with Crippen LogP contribution >= 0.6 is 11.8 Å². The van der Waals surface area contributed by atoms with Crippen molar-refractivity contribution in [3.63, 3.8) is 0 Å². The molecule has 3 aliphatic carbocycles. The number of hydrogen-bond donors (Lipinski definition) is 0. The highest BCUT2D eigenvalue weighted by molar-refractivity contribution is 8.04. The quantitative estimate of drug-likeness (QED) is 0.219. The first-order valence-corrected chi connectivity index (χ1v) is 17.0. The van der Waals surface area contributed by atoms with Crippen molar-refractivity contribution in [2.45, 2.75) is 42.4 Å². The number of fused-ring (bicyclic) bond motifs is 5. The van der Waals surface area contributed by atoms with Crippen LogP contribution in [0.5, 0.6) is 0 Å². The summed E-state index contributed by atoms with van der Waals surface area (Å²) in [6, 6.07) is 36.8. The lowest BCUT2D eigenvalue weighted by molar-refractivity contribution is 0.565. The molecule has 44 heavy (non-hydrogen) atoms. The largest absolute Gasteiger partial charge is 0.337 e. The van der Waals surface area contributed by atoms with E-state index in [2.05, 4.69) is 162 Å². The fourth-order valence-electron chi connectivity index (χ4n) is 8.11. The lowest BCUT2D eigenvalue weighted by Gasteiger charge is -2.32. The molecule has 2 aliphatic heterocycles. The molecule has 5 atom stereocenters. The molecule has 214 valence electrons. The SMILES string of the molecule is C1=CC2SC3=C(C=CCC3c3ccc4c(c3)C3C=CCCC3N4c3cc(-c4ccccc4)cc(-c4ccccc4)c3)C2C=C1. The van der Waals surface area contributed by atoms with E-state index in [-0.39, 0.29) is 0 Å². The van der Waals surface area contributed by atoms with E-state index in [1.165, 1.54) is 51.2 Å². The van der Waals surface area contributed by atoms with Crippen LogP contribution in [0.3, 0.4) is 0 Å². The Morgan fingerprint density at radius 3 is 2.18 bits per heavy atom. The van der Waals surface area contributed by atoms with Crippen LogP contribution in [0.25, 0.3) is 22.3 Å². The lowest BCUT2D eigenvalue weighted by atomic mass is 9.81. The molecule has 0 aromatic heterocycles. The van der Waals surface area contributed by atoms with Gasteiger partial charge in [0.25, 0.3) is 0 Å². The van der Waals surface area contributed by atoms with E-state index in [1.54, 1.807) is 10.5 Å². The molecule has 1 nitrogen and oxygen atoms in total. The Morgan fingerprint density at radius 1 is 0.659 bits per heavy atom. The van der Waals surface area contributed by atoms with Gasteiger partial charge >= 0.3 is 0 Å². The van der Waals surface area contributed by atoms with Crippen LogP contribution in [-0.4, -0.2) is 11.3 Å². The van der Waals surface area contributed by atoms with Gasteiger partial charge in [-0.15, -0.1) is 11.8 Å². The summed E-state index contributed by atoms with van der Waals surface area (Å²) in [5, 5.41) is 0.543. The lowest BCUT2D eigenvalue weighted by Crippen LogP contribution is -2.30. The monoisotopic (exact) mass is 585 g/mol. The highest BCUT2D eigenvalue weighted by atomic mass is 32.2. The van der Waals surface area contributed by atoms with E-state index in [1.807, 2.05) is 0 Å². The number of anilines is 2. The summed E-state index contributed by atoms with van der Waals surface area (Å²) in [6.45, 7) is 0. The minimum absolute atomic E-state index is 0.413. The van der Waals surface area contributed by atoms with E-state index in [0.29, 0.717) is 29.0 Å². The van der Waals surface area contributed by atoms with Crippen LogP contribution in [0.2, 0.25) is 0 Å². The van der Waals surface area contributed by atoms with Crippen molar-refractivity contribution in [1.82, 2.24) is 0 Å². The Kier molecular flexibility index (Phi) is 6.37. The van der Waals surface area contributed by atoms with Gasteiger partial charge in [-0.1, -0.05) is 121 Å². The van der Waals surface area contributed by atoms with Crippen molar-refractivity contribution in [2.24, 2.45) is 5.92 Å². The Morgan fingerprint density at radius 2 is 1.41 bits per heavy atom. The Hall–Kier alpha value is -4.27. The molecule has 2 heterocycles. The highest BCUT2D eigenvalue weighted by Gasteiger charge is 2.41. The zero-order valence-corrected chi connectivity index (χ0v) is 25.5. The summed E-state index contributed by atoms with van der Waals surface area (Å²) in [4.78, 5) is 4.26. The molecular weight excluding hydrogens is 551 g/mol. The average Bonchev–Trinajstić information content (AvgIpc) is 3.64. The first-order valence-electron chi connectivity index (χ1n) is 16.1. The van der Waals surface area contributed by atoms with E-state index < -0.39 is 0 Å². The van der Waals surface area contributed by atoms with Gasteiger partial charge in [-0.25, -0.2) is 0 Å². The van der Waals surface area contributed by atoms with Crippen LogP contribution in [0, 0.1) is 5.92 Å². The summed E-state index contributed by atoms with van der Waals surface area (Å²) in [6.07, 6.45) is 22.4. The van der Waals surface area contributed by atoms with Gasteiger partial charge in [0.1, 0.15) is 0 Å². The topological polar surface area (TPSA) is 3.24 Å². The number of rotatable bonds is 4. The Labute approximate surface area is 265 Å². The van der Waals surface area contributed by atoms with E-state index in [4.69, 9.17) is 0 Å². The summed E-state index contributed by atoms with van der Waals surface area (Å²) < 4.78 is 0. The van der Waals surface area contributed by atoms with Gasteiger partial charge in [-0.2, -0.15) is 0 Å². The second-order valence-electron chi connectivity index (χ2n) is 12.7. The summed E-state index contributed by atoms with van der Waals surface area (Å²) in [7, 11) is 0. The fourth-order valence-corrected chi connectivity index (χ4v) is 9.69. The van der Waals surface area contributed by atoms with Gasteiger partial charge in [0.05, 0.1) is 0 Å². The zero-order valence-electron chi connectivity index (χ0n) is 24.7. The van der Waals surface area contributed by atoms with Crippen molar-refractivity contribution in [2.75, 3.05) is 4.90 Å². The van der Waals surface area contributed by atoms with Crippen molar-refractivity contribution >= 4 is 23.1 Å². The van der Waals surface area contributed by atoms with E-state index >= 15 is 0 Å². The van der Waals surface area contributed by atoms with Crippen LogP contribution in [0.15, 0.2) is 156 Å². The van der Waals surface area contributed by atoms with E-state index in [0.717, 1.165) is 12.8 Å². The summed E-state index contributed by atoms with van der Waals surface area (Å²) in [5.41, 5.74) is 12.2. The Bertz CT molecular complexity index is 1840. The van der Waals surface area contributed by atoms with Gasteiger partial charge in [0.15, 0.2) is 0 Å². The predicted octanol–water partition coefficient (Wildman–Crippen LogP) is 11.1. The van der Waals surface area contributed by atoms with Crippen molar-refractivity contribution in [3.05, 3.63) is 167 Å². The third kappa shape index (κ3) is 4.31. The van der Waals surface area contributed by atoms with Crippen molar-refractivity contribution in [3.8, 4) is 22.3 Å². The molecule has 5 unspecified atom stereocenters. The molecule has 0 amide bonds. The second-order valence-corrected chi connectivity index (χ2v) is 13.9. The average molecular weight is 586 g/mol. The minimum atomic E-state index is 0.413. The normalized spacial score (nSPS) is 26.0. The molecular formula is C42H35NS. The number of nitrogens with zero attached hydrogens (tertiary/aromatic N) is 1. The van der Waals surface area contributed by atoms with Gasteiger partial charge in [0.2, 0.25) is 0 Å². The molecule has 0 saturated carbocycles. The van der Waals surface area contributed by atoms with Gasteiger partial charge in [-0.05, 0) is 87.4 Å². The maximum absolute atomic E-state index is 2.67. The molecule has 0 radical (unpaired) electrons. The first-order chi connectivity index (χ1) is 21.8. The molecule has 2 heteroatoms. The van der Waals surface area contributed by atoms with Gasteiger partial charge < -0.3 is 4.90 Å². The smallest absolute Gasteiger partial charge is 0.0453 e. The number of benzene rings is 4. The third-order valence-electron chi connectivity index (χ3n) is 10.2. The third-order valence-corrected chi connectivity index (χ3v) is 11.7. The van der Waals surface area contributed by atoms with Gasteiger partial charge in [0, 0.05) is 40.4 Å². The number of thioether (sulfide) groups is 1. The van der Waals surface area contributed by atoms with Crippen LogP contribution < -0.4 is 4.90 Å². The molecule has 5 aliphatic rings. The zero-order chi connectivity index (χ0) is 29.0. The number of hydrogen-bond acceptors (Lipinski definition) is 2. The minimum Gasteiger partial charge on any atom is -0.337 e. The molecule has 4 aromatic rings. The molecule has 9 rings (SSSR count). The molecule has 0 spiro atoms. The predicted molar refractivity (Wildman–Crippen MR) is 187 cm³/mol. The van der Waals surface area contributed by atoms with Crippen molar-refractivity contribution in [1.29, 1.82) is 0 Å². The van der Waals surface area contributed by atoms with Crippen LogP contribution in [-0.2, 0) is 0 Å². The number of allylic oxidation sites excluding steroid dienone is 8. The molecule has 0 bridgehead atoms. The summed E-state index contributed by atoms with van der Waals surface area (Å²) in [5.74, 6) is 1.38. The van der Waals surface area contributed by atoms with Gasteiger partial charge in [-0.3, -0.25) is 0 Å². The maximum atomic E-state index is 2.67. The second kappa shape index (κ2) is 10.7. The van der Waals surface area contributed by atoms with Crippen LogP contribution in [0.4, 0.5) is 11.4 Å². The molecule has 0 N–H and O–H groups in total. The van der Waals surface area contributed by atoms with Crippen molar-refractivity contribution < 1.29 is 0 Å². The van der Waals surface area contributed by atoms with Crippen LogP contribution in [0.1, 0.15) is 42.2 Å².